The summed E-state index contributed by atoms with van der Waals surface area (Å²) in [7, 11) is -1.09. The van der Waals surface area contributed by atoms with Gasteiger partial charge in [0.25, 0.3) is 0 Å². The van der Waals surface area contributed by atoms with Crippen molar-refractivity contribution in [2.75, 3.05) is 5.73 Å². The molecule has 0 bridgehead atoms. The summed E-state index contributed by atoms with van der Waals surface area (Å²) in [5.41, 5.74) is 9.51. The van der Waals surface area contributed by atoms with E-state index in [0.29, 0.717) is 11.4 Å². The van der Waals surface area contributed by atoms with Crippen molar-refractivity contribution in [3.05, 3.63) is 65.9 Å². The summed E-state index contributed by atoms with van der Waals surface area (Å²) in [5, 5.41) is 0.914. The average molecular weight is 296 g/mol. The maximum Gasteiger partial charge on any atom is 0.0764 e. The third-order valence-corrected chi connectivity index (χ3v) is 5.03. The summed E-state index contributed by atoms with van der Waals surface area (Å²) < 4.78 is 12.6. The van der Waals surface area contributed by atoms with E-state index in [1.165, 1.54) is 0 Å². The Morgan fingerprint density at radius 1 is 1.10 bits per heavy atom. The lowest BCUT2D eigenvalue weighted by Crippen LogP contribution is -2.01. The molecular weight excluding hydrogens is 280 g/mol. The number of rotatable bonds is 3. The van der Waals surface area contributed by atoms with Crippen molar-refractivity contribution in [3.63, 3.8) is 0 Å². The van der Waals surface area contributed by atoms with E-state index in [1.54, 1.807) is 6.20 Å². The van der Waals surface area contributed by atoms with Gasteiger partial charge in [-0.15, -0.1) is 0 Å². The van der Waals surface area contributed by atoms with Crippen LogP contribution in [0, 0.1) is 6.92 Å². The maximum atomic E-state index is 12.6. The molecule has 2 N–H and O–H groups in total. The van der Waals surface area contributed by atoms with Crippen molar-refractivity contribution in [3.8, 4) is 0 Å². The Morgan fingerprint density at radius 3 is 2.71 bits per heavy atom. The highest BCUT2D eigenvalue weighted by atomic mass is 32.2. The molecule has 1 atom stereocenters. The van der Waals surface area contributed by atoms with Gasteiger partial charge in [-0.1, -0.05) is 24.3 Å². The van der Waals surface area contributed by atoms with Crippen LogP contribution in [0.3, 0.4) is 0 Å². The highest BCUT2D eigenvalue weighted by molar-refractivity contribution is 7.84. The van der Waals surface area contributed by atoms with Crippen molar-refractivity contribution in [1.29, 1.82) is 0 Å². The van der Waals surface area contributed by atoms with Crippen molar-refractivity contribution >= 4 is 27.4 Å². The Kier molecular flexibility index (Phi) is 3.71. The minimum atomic E-state index is -1.09. The number of nitrogens with zero attached hydrogens (tertiary/aromatic N) is 1. The molecular formula is C17H16N2OS. The molecule has 0 radical (unpaired) electrons. The molecule has 0 saturated heterocycles. The summed E-state index contributed by atoms with van der Waals surface area (Å²) in [4.78, 5) is 5.27. The van der Waals surface area contributed by atoms with Crippen LogP contribution in [0.2, 0.25) is 0 Å². The highest BCUT2D eigenvalue weighted by Gasteiger charge is 2.11. The van der Waals surface area contributed by atoms with E-state index in [0.717, 1.165) is 26.9 Å². The fourth-order valence-corrected chi connectivity index (χ4v) is 3.73. The lowest BCUT2D eigenvalue weighted by molar-refractivity contribution is 0.682. The fraction of sp³-hybridized carbons (Fsp3) is 0.118. The van der Waals surface area contributed by atoms with Crippen molar-refractivity contribution in [2.45, 2.75) is 17.6 Å². The second-order valence-electron chi connectivity index (χ2n) is 4.97. The first-order valence-electron chi connectivity index (χ1n) is 6.73. The molecule has 0 saturated carbocycles. The Labute approximate surface area is 126 Å². The van der Waals surface area contributed by atoms with Crippen molar-refractivity contribution < 1.29 is 4.21 Å². The Hall–Kier alpha value is -2.20. The van der Waals surface area contributed by atoms with E-state index in [2.05, 4.69) is 4.98 Å². The molecule has 0 aliphatic carbocycles. The van der Waals surface area contributed by atoms with Gasteiger partial charge in [-0.3, -0.25) is 9.19 Å². The number of nitrogens with two attached hydrogens (primary N) is 1. The van der Waals surface area contributed by atoms with Crippen LogP contribution in [0.5, 0.6) is 0 Å². The van der Waals surface area contributed by atoms with Crippen molar-refractivity contribution in [1.82, 2.24) is 4.98 Å². The van der Waals surface area contributed by atoms with Crippen LogP contribution in [-0.4, -0.2) is 9.19 Å². The maximum absolute atomic E-state index is 12.6. The third-order valence-electron chi connectivity index (χ3n) is 3.51. The zero-order valence-corrected chi connectivity index (χ0v) is 12.6. The van der Waals surface area contributed by atoms with Gasteiger partial charge in [0.2, 0.25) is 0 Å². The molecule has 0 spiro atoms. The number of hydrogen-bond donors (Lipinski definition) is 1. The van der Waals surface area contributed by atoms with Gasteiger partial charge in [0.05, 0.1) is 22.1 Å². The topological polar surface area (TPSA) is 56.0 Å². The van der Waals surface area contributed by atoms with E-state index in [4.69, 9.17) is 5.73 Å². The molecule has 106 valence electrons. The van der Waals surface area contributed by atoms with Gasteiger partial charge in [0.15, 0.2) is 0 Å². The summed E-state index contributed by atoms with van der Waals surface area (Å²) in [6.07, 6.45) is 1.74. The Balaban J connectivity index is 2.01. The van der Waals surface area contributed by atoms with Crippen LogP contribution in [-0.2, 0) is 16.6 Å². The van der Waals surface area contributed by atoms with Gasteiger partial charge in [-0.2, -0.15) is 0 Å². The van der Waals surface area contributed by atoms with Crippen LogP contribution in [0.25, 0.3) is 10.9 Å². The number of nitrogen functional groups attached to an aromatic ring is 1. The van der Waals surface area contributed by atoms with Crippen LogP contribution >= 0.6 is 0 Å². The molecule has 3 nitrogen and oxygen atoms in total. The monoisotopic (exact) mass is 296 g/mol. The summed E-state index contributed by atoms with van der Waals surface area (Å²) in [6, 6.07) is 15.3. The van der Waals surface area contributed by atoms with E-state index >= 15 is 0 Å². The SMILES string of the molecule is Cc1ccccc1S(=O)Cc1ccc(N)c2cccnc12. The second kappa shape index (κ2) is 5.66. The number of aryl methyl sites for hydroxylation is 1. The van der Waals surface area contributed by atoms with Crippen molar-refractivity contribution in [2.24, 2.45) is 0 Å². The number of anilines is 1. The molecule has 1 unspecified atom stereocenters. The molecule has 0 aliphatic rings. The lowest BCUT2D eigenvalue weighted by atomic mass is 10.1. The molecule has 0 fully saturated rings. The fourth-order valence-electron chi connectivity index (χ4n) is 2.40. The number of hydrogen-bond acceptors (Lipinski definition) is 3. The lowest BCUT2D eigenvalue weighted by Gasteiger charge is -2.09. The average Bonchev–Trinajstić information content (AvgIpc) is 2.51. The Morgan fingerprint density at radius 2 is 1.90 bits per heavy atom. The number of benzene rings is 2. The smallest absolute Gasteiger partial charge is 0.0764 e. The quantitative estimate of drug-likeness (QED) is 0.753. The Bertz CT molecular complexity index is 830. The highest BCUT2D eigenvalue weighted by Crippen LogP contribution is 2.25. The van der Waals surface area contributed by atoms with E-state index in [-0.39, 0.29) is 0 Å². The standard InChI is InChI=1S/C17H16N2OS/c1-12-5-2-3-7-16(12)21(20)11-13-8-9-15(18)14-6-4-10-19-17(13)14/h2-10H,11,18H2,1H3. The third kappa shape index (κ3) is 2.67. The molecule has 4 heteroatoms. The first kappa shape index (κ1) is 13.8. The molecule has 0 amide bonds. The molecule has 2 aromatic carbocycles. The summed E-state index contributed by atoms with van der Waals surface area (Å²) in [5.74, 6) is 0.443. The van der Waals surface area contributed by atoms with Gasteiger partial charge in [-0.05, 0) is 42.3 Å². The van der Waals surface area contributed by atoms with Gasteiger partial charge in [0, 0.05) is 22.2 Å². The zero-order chi connectivity index (χ0) is 14.8. The first-order chi connectivity index (χ1) is 10.2. The normalized spacial score (nSPS) is 12.4. The number of fused-ring (bicyclic) bond motifs is 1. The van der Waals surface area contributed by atoms with E-state index in [9.17, 15) is 4.21 Å². The predicted molar refractivity (Wildman–Crippen MR) is 87.4 cm³/mol. The summed E-state index contributed by atoms with van der Waals surface area (Å²) >= 11 is 0. The molecule has 1 aromatic heterocycles. The molecule has 21 heavy (non-hydrogen) atoms. The van der Waals surface area contributed by atoms with Gasteiger partial charge in [-0.25, -0.2) is 0 Å². The largest absolute Gasteiger partial charge is 0.398 e. The summed E-state index contributed by atoms with van der Waals surface area (Å²) in [6.45, 7) is 1.98. The minimum Gasteiger partial charge on any atom is -0.398 e. The van der Waals surface area contributed by atoms with E-state index < -0.39 is 10.8 Å². The van der Waals surface area contributed by atoms with Crippen LogP contribution in [0.1, 0.15) is 11.1 Å². The van der Waals surface area contributed by atoms with Gasteiger partial charge < -0.3 is 5.73 Å². The van der Waals surface area contributed by atoms with Crippen LogP contribution in [0.4, 0.5) is 5.69 Å². The minimum absolute atomic E-state index is 0.443. The molecule has 3 rings (SSSR count). The van der Waals surface area contributed by atoms with Crippen LogP contribution < -0.4 is 5.73 Å². The molecule has 1 heterocycles. The van der Waals surface area contributed by atoms with E-state index in [1.807, 2.05) is 55.5 Å². The number of aromatic nitrogens is 1. The first-order valence-corrected chi connectivity index (χ1v) is 8.05. The molecule has 0 aliphatic heterocycles. The van der Waals surface area contributed by atoms with Crippen LogP contribution in [0.15, 0.2) is 59.6 Å². The second-order valence-corrected chi connectivity index (χ2v) is 6.39. The number of pyridine rings is 1. The zero-order valence-electron chi connectivity index (χ0n) is 11.7. The van der Waals surface area contributed by atoms with Gasteiger partial charge >= 0.3 is 0 Å². The predicted octanol–water partition coefficient (Wildman–Crippen LogP) is 3.43. The molecule has 3 aromatic rings. The van der Waals surface area contributed by atoms with Gasteiger partial charge in [0.1, 0.15) is 0 Å².